The SMILES string of the molecule is O=C(COC(=O)c1c2ccccc2cc2ccccc12)NC[C@@H]1CCCO1. The van der Waals surface area contributed by atoms with Crippen LogP contribution in [0.2, 0.25) is 0 Å². The fourth-order valence-corrected chi connectivity index (χ4v) is 3.52. The molecule has 3 aromatic carbocycles. The molecule has 1 aliphatic rings. The van der Waals surface area contributed by atoms with Gasteiger partial charge in [-0.25, -0.2) is 4.79 Å². The van der Waals surface area contributed by atoms with Gasteiger partial charge >= 0.3 is 5.97 Å². The Hall–Kier alpha value is -2.92. The van der Waals surface area contributed by atoms with E-state index >= 15 is 0 Å². The first kappa shape index (κ1) is 17.5. The normalized spacial score (nSPS) is 16.5. The van der Waals surface area contributed by atoms with E-state index in [9.17, 15) is 9.59 Å². The molecule has 0 radical (unpaired) electrons. The molecule has 5 nitrogen and oxygen atoms in total. The van der Waals surface area contributed by atoms with E-state index in [0.29, 0.717) is 12.1 Å². The van der Waals surface area contributed by atoms with Crippen LogP contribution in [0.1, 0.15) is 23.2 Å². The van der Waals surface area contributed by atoms with Gasteiger partial charge in [0.15, 0.2) is 6.61 Å². The predicted molar refractivity (Wildman–Crippen MR) is 104 cm³/mol. The summed E-state index contributed by atoms with van der Waals surface area (Å²) < 4.78 is 10.8. The van der Waals surface area contributed by atoms with Gasteiger partial charge in [-0.1, -0.05) is 48.5 Å². The van der Waals surface area contributed by atoms with Crippen LogP contribution in [0, 0.1) is 0 Å². The summed E-state index contributed by atoms with van der Waals surface area (Å²) in [5.74, 6) is -0.807. The summed E-state index contributed by atoms with van der Waals surface area (Å²) in [6, 6.07) is 17.4. The first-order valence-corrected chi connectivity index (χ1v) is 9.18. The third kappa shape index (κ3) is 3.78. The summed E-state index contributed by atoms with van der Waals surface area (Å²) >= 11 is 0. The van der Waals surface area contributed by atoms with E-state index in [1.165, 1.54) is 0 Å². The molecule has 4 rings (SSSR count). The second-order valence-corrected chi connectivity index (χ2v) is 6.71. The number of esters is 1. The first-order valence-electron chi connectivity index (χ1n) is 9.18. The zero-order chi connectivity index (χ0) is 18.6. The number of fused-ring (bicyclic) bond motifs is 2. The Balaban J connectivity index is 1.52. The van der Waals surface area contributed by atoms with Crippen molar-refractivity contribution in [2.24, 2.45) is 0 Å². The summed E-state index contributed by atoms with van der Waals surface area (Å²) in [5.41, 5.74) is 0.496. The summed E-state index contributed by atoms with van der Waals surface area (Å²) in [5, 5.41) is 6.33. The monoisotopic (exact) mass is 363 g/mol. The molecule has 1 amide bonds. The van der Waals surface area contributed by atoms with Crippen LogP contribution in [0.3, 0.4) is 0 Å². The Morgan fingerprint density at radius 1 is 1.04 bits per heavy atom. The van der Waals surface area contributed by atoms with Crippen LogP contribution >= 0.6 is 0 Å². The van der Waals surface area contributed by atoms with Gasteiger partial charge in [0.25, 0.3) is 5.91 Å². The molecule has 1 N–H and O–H groups in total. The van der Waals surface area contributed by atoms with Crippen molar-refractivity contribution in [3.63, 3.8) is 0 Å². The van der Waals surface area contributed by atoms with Gasteiger partial charge in [0, 0.05) is 13.2 Å². The van der Waals surface area contributed by atoms with Crippen molar-refractivity contribution in [2.45, 2.75) is 18.9 Å². The lowest BCUT2D eigenvalue weighted by Gasteiger charge is -2.13. The molecule has 0 aliphatic carbocycles. The fourth-order valence-electron chi connectivity index (χ4n) is 3.52. The third-order valence-electron chi connectivity index (χ3n) is 4.86. The van der Waals surface area contributed by atoms with Crippen molar-refractivity contribution in [3.05, 3.63) is 60.2 Å². The molecule has 0 aromatic heterocycles. The molecule has 0 bridgehead atoms. The number of rotatable bonds is 5. The van der Waals surface area contributed by atoms with E-state index in [1.54, 1.807) is 0 Å². The molecular weight excluding hydrogens is 342 g/mol. The second-order valence-electron chi connectivity index (χ2n) is 6.71. The van der Waals surface area contributed by atoms with E-state index in [1.807, 2.05) is 48.5 Å². The standard InChI is InChI=1S/C22H21NO4/c24-20(23-13-17-8-5-11-26-17)14-27-22(25)21-18-9-3-1-6-15(18)12-16-7-2-4-10-19(16)21/h1-4,6-7,9-10,12,17H,5,8,11,13-14H2,(H,23,24)/t17-/m0/s1. The molecule has 27 heavy (non-hydrogen) atoms. The van der Waals surface area contributed by atoms with Crippen LogP contribution in [0.25, 0.3) is 21.5 Å². The number of hydrogen-bond donors (Lipinski definition) is 1. The predicted octanol–water partition coefficient (Wildman–Crippen LogP) is 3.45. The Morgan fingerprint density at radius 3 is 2.33 bits per heavy atom. The van der Waals surface area contributed by atoms with E-state index < -0.39 is 5.97 Å². The van der Waals surface area contributed by atoms with Gasteiger partial charge in [0.1, 0.15) is 0 Å². The van der Waals surface area contributed by atoms with E-state index in [-0.39, 0.29) is 18.6 Å². The smallest absolute Gasteiger partial charge is 0.339 e. The molecule has 1 heterocycles. The Morgan fingerprint density at radius 2 is 1.70 bits per heavy atom. The summed E-state index contributed by atoms with van der Waals surface area (Å²) in [6.45, 7) is 0.889. The minimum atomic E-state index is -0.490. The van der Waals surface area contributed by atoms with Crippen LogP contribution in [0.5, 0.6) is 0 Å². The van der Waals surface area contributed by atoms with Crippen molar-refractivity contribution in [3.8, 4) is 0 Å². The number of carbonyl (C=O) groups excluding carboxylic acids is 2. The van der Waals surface area contributed by atoms with Crippen molar-refractivity contribution in [2.75, 3.05) is 19.8 Å². The zero-order valence-electron chi connectivity index (χ0n) is 14.9. The number of hydrogen-bond acceptors (Lipinski definition) is 4. The molecule has 3 aromatic rings. The number of nitrogens with one attached hydrogen (secondary N) is 1. The van der Waals surface area contributed by atoms with E-state index in [2.05, 4.69) is 11.4 Å². The zero-order valence-corrected chi connectivity index (χ0v) is 14.9. The van der Waals surface area contributed by atoms with Crippen LogP contribution in [0.15, 0.2) is 54.6 Å². The Kier molecular flexibility index (Phi) is 5.03. The summed E-state index contributed by atoms with van der Waals surface area (Å²) in [7, 11) is 0. The Bertz CT molecular complexity index is 938. The lowest BCUT2D eigenvalue weighted by molar-refractivity contribution is -0.124. The van der Waals surface area contributed by atoms with Gasteiger partial charge < -0.3 is 14.8 Å². The molecule has 1 fully saturated rings. The van der Waals surface area contributed by atoms with Crippen LogP contribution in [-0.4, -0.2) is 37.7 Å². The highest BCUT2D eigenvalue weighted by Gasteiger charge is 2.19. The van der Waals surface area contributed by atoms with Crippen molar-refractivity contribution in [1.29, 1.82) is 0 Å². The highest BCUT2D eigenvalue weighted by molar-refractivity contribution is 6.16. The number of benzene rings is 3. The second kappa shape index (κ2) is 7.76. The summed E-state index contributed by atoms with van der Waals surface area (Å²) in [4.78, 5) is 24.8. The number of ether oxygens (including phenoxy) is 2. The Labute approximate surface area is 157 Å². The van der Waals surface area contributed by atoms with Crippen molar-refractivity contribution in [1.82, 2.24) is 5.32 Å². The van der Waals surface area contributed by atoms with Gasteiger partial charge in [0.05, 0.1) is 11.7 Å². The number of amides is 1. The molecule has 0 saturated carbocycles. The van der Waals surface area contributed by atoms with Gasteiger partial charge in [-0.2, -0.15) is 0 Å². The average Bonchev–Trinajstić information content (AvgIpc) is 3.22. The van der Waals surface area contributed by atoms with Gasteiger partial charge in [0.2, 0.25) is 0 Å². The topological polar surface area (TPSA) is 64.6 Å². The van der Waals surface area contributed by atoms with Crippen molar-refractivity contribution >= 4 is 33.4 Å². The van der Waals surface area contributed by atoms with E-state index in [4.69, 9.17) is 9.47 Å². The maximum Gasteiger partial charge on any atom is 0.339 e. The molecule has 0 spiro atoms. The largest absolute Gasteiger partial charge is 0.452 e. The lowest BCUT2D eigenvalue weighted by atomic mass is 9.97. The maximum atomic E-state index is 12.8. The van der Waals surface area contributed by atoms with Crippen LogP contribution < -0.4 is 5.32 Å². The molecule has 1 aliphatic heterocycles. The molecular formula is C22H21NO4. The lowest BCUT2D eigenvalue weighted by Crippen LogP contribution is -2.34. The van der Waals surface area contributed by atoms with Crippen LogP contribution in [-0.2, 0) is 14.3 Å². The highest BCUT2D eigenvalue weighted by Crippen LogP contribution is 2.29. The minimum absolute atomic E-state index is 0.0617. The third-order valence-corrected chi connectivity index (χ3v) is 4.86. The molecule has 1 saturated heterocycles. The van der Waals surface area contributed by atoms with Crippen LogP contribution in [0.4, 0.5) is 0 Å². The van der Waals surface area contributed by atoms with Gasteiger partial charge in [-0.05, 0) is 40.5 Å². The quantitative estimate of drug-likeness (QED) is 0.557. The van der Waals surface area contributed by atoms with E-state index in [0.717, 1.165) is 41.0 Å². The highest BCUT2D eigenvalue weighted by atomic mass is 16.5. The molecule has 138 valence electrons. The minimum Gasteiger partial charge on any atom is -0.452 e. The van der Waals surface area contributed by atoms with Gasteiger partial charge in [-0.3, -0.25) is 4.79 Å². The maximum absolute atomic E-state index is 12.8. The van der Waals surface area contributed by atoms with Gasteiger partial charge in [-0.15, -0.1) is 0 Å². The molecule has 1 atom stereocenters. The average molecular weight is 363 g/mol. The fraction of sp³-hybridized carbons (Fsp3) is 0.273. The number of carbonyl (C=O) groups is 2. The summed E-state index contributed by atoms with van der Waals surface area (Å²) in [6.07, 6.45) is 2.03. The first-order chi connectivity index (χ1) is 13.2. The molecule has 5 heteroatoms. The van der Waals surface area contributed by atoms with Crippen molar-refractivity contribution < 1.29 is 19.1 Å². The molecule has 0 unspecified atom stereocenters.